The lowest BCUT2D eigenvalue weighted by atomic mass is 10.2. The first kappa shape index (κ1) is 13.4. The van der Waals surface area contributed by atoms with E-state index in [0.717, 1.165) is 29.7 Å². The third-order valence-electron chi connectivity index (χ3n) is 1.59. The van der Waals surface area contributed by atoms with Gasteiger partial charge in [-0.3, -0.25) is 0 Å². The Bertz CT molecular complexity index is 85.1. The standard InChI is InChI=1S/C8H18INS2/c9-4-1-2-8(3-5-10)12-7-6-11/h8,11H,1-7,10H2. The van der Waals surface area contributed by atoms with Gasteiger partial charge in [-0.15, -0.1) is 0 Å². The van der Waals surface area contributed by atoms with Gasteiger partial charge in [0.25, 0.3) is 0 Å². The molecule has 0 aromatic rings. The van der Waals surface area contributed by atoms with Crippen molar-refractivity contribution in [3.05, 3.63) is 0 Å². The number of alkyl halides is 1. The second kappa shape index (κ2) is 10.5. The van der Waals surface area contributed by atoms with E-state index in [-0.39, 0.29) is 0 Å². The Kier molecular flexibility index (Phi) is 11.7. The van der Waals surface area contributed by atoms with Crippen molar-refractivity contribution < 1.29 is 0 Å². The quantitative estimate of drug-likeness (QED) is 0.409. The minimum atomic E-state index is 0.775. The Labute approximate surface area is 99.2 Å². The molecule has 0 heterocycles. The maximum absolute atomic E-state index is 5.54. The van der Waals surface area contributed by atoms with Crippen LogP contribution in [0.25, 0.3) is 0 Å². The number of nitrogens with two attached hydrogens (primary N) is 1. The van der Waals surface area contributed by atoms with Crippen LogP contribution in [0.5, 0.6) is 0 Å². The first-order chi connectivity index (χ1) is 5.85. The van der Waals surface area contributed by atoms with Crippen molar-refractivity contribution in [3.8, 4) is 0 Å². The van der Waals surface area contributed by atoms with Gasteiger partial charge in [-0.2, -0.15) is 24.4 Å². The molecule has 0 aliphatic carbocycles. The summed E-state index contributed by atoms with van der Waals surface area (Å²) in [6.07, 6.45) is 3.80. The molecule has 0 aliphatic heterocycles. The topological polar surface area (TPSA) is 26.0 Å². The molecule has 0 rings (SSSR count). The minimum Gasteiger partial charge on any atom is -0.330 e. The summed E-state index contributed by atoms with van der Waals surface area (Å²) in [7, 11) is 0. The summed E-state index contributed by atoms with van der Waals surface area (Å²) < 4.78 is 1.26. The Balaban J connectivity index is 3.40. The molecule has 0 aliphatic rings. The lowest BCUT2D eigenvalue weighted by Crippen LogP contribution is -2.11. The molecule has 0 aromatic heterocycles. The highest BCUT2D eigenvalue weighted by Gasteiger charge is 2.06. The number of hydrogen-bond donors (Lipinski definition) is 2. The maximum atomic E-state index is 5.54. The molecule has 1 nitrogen and oxygen atoms in total. The Morgan fingerprint density at radius 1 is 1.42 bits per heavy atom. The van der Waals surface area contributed by atoms with Crippen molar-refractivity contribution in [3.63, 3.8) is 0 Å². The van der Waals surface area contributed by atoms with E-state index in [0.29, 0.717) is 0 Å². The number of halogens is 1. The third kappa shape index (κ3) is 8.01. The Hall–Kier alpha value is 1.39. The molecular formula is C8H18INS2. The number of rotatable bonds is 8. The summed E-state index contributed by atoms with van der Waals surface area (Å²) in [4.78, 5) is 0. The zero-order valence-electron chi connectivity index (χ0n) is 7.34. The monoisotopic (exact) mass is 319 g/mol. The van der Waals surface area contributed by atoms with Crippen LogP contribution in [-0.4, -0.2) is 27.7 Å². The molecule has 0 saturated heterocycles. The van der Waals surface area contributed by atoms with E-state index in [1.165, 1.54) is 17.3 Å². The highest BCUT2D eigenvalue weighted by molar-refractivity contribution is 14.1. The minimum absolute atomic E-state index is 0.775. The maximum Gasteiger partial charge on any atom is 0.00596 e. The van der Waals surface area contributed by atoms with E-state index >= 15 is 0 Å². The molecule has 0 saturated carbocycles. The predicted molar refractivity (Wildman–Crippen MR) is 71.9 cm³/mol. The van der Waals surface area contributed by atoms with E-state index in [9.17, 15) is 0 Å². The van der Waals surface area contributed by atoms with Gasteiger partial charge in [0, 0.05) is 11.0 Å². The number of hydrogen-bond acceptors (Lipinski definition) is 3. The van der Waals surface area contributed by atoms with Crippen LogP contribution in [-0.2, 0) is 0 Å². The fourth-order valence-electron chi connectivity index (χ4n) is 1.02. The van der Waals surface area contributed by atoms with Gasteiger partial charge >= 0.3 is 0 Å². The second-order valence-corrected chi connectivity index (χ2v) is 5.56. The van der Waals surface area contributed by atoms with Gasteiger partial charge in [-0.05, 0) is 36.0 Å². The lowest BCUT2D eigenvalue weighted by molar-refractivity contribution is 0.698. The SMILES string of the molecule is NCCC(CCCI)SCCS. The fourth-order valence-corrected chi connectivity index (χ4v) is 2.85. The second-order valence-electron chi connectivity index (χ2n) is 2.62. The molecular weight excluding hydrogens is 301 g/mol. The van der Waals surface area contributed by atoms with E-state index in [4.69, 9.17) is 5.73 Å². The summed E-state index contributed by atoms with van der Waals surface area (Å²) in [6, 6.07) is 0. The van der Waals surface area contributed by atoms with Crippen molar-refractivity contribution in [1.82, 2.24) is 0 Å². The summed E-state index contributed by atoms with van der Waals surface area (Å²) in [5.74, 6) is 2.14. The van der Waals surface area contributed by atoms with Crippen LogP contribution < -0.4 is 5.73 Å². The molecule has 0 fully saturated rings. The van der Waals surface area contributed by atoms with Crippen molar-refractivity contribution in [1.29, 1.82) is 0 Å². The smallest absolute Gasteiger partial charge is 0.00596 e. The summed E-state index contributed by atoms with van der Waals surface area (Å²) in [5, 5.41) is 0.775. The van der Waals surface area contributed by atoms with E-state index in [2.05, 4.69) is 35.2 Å². The van der Waals surface area contributed by atoms with Gasteiger partial charge in [0.2, 0.25) is 0 Å². The number of thioether (sulfide) groups is 1. The zero-order valence-corrected chi connectivity index (χ0v) is 11.2. The molecule has 0 radical (unpaired) electrons. The molecule has 1 unspecified atom stereocenters. The van der Waals surface area contributed by atoms with E-state index in [1.807, 2.05) is 11.8 Å². The summed E-state index contributed by atoms with van der Waals surface area (Å²) in [6.45, 7) is 0.825. The van der Waals surface area contributed by atoms with Crippen molar-refractivity contribution in [2.45, 2.75) is 24.5 Å². The summed E-state index contributed by atoms with van der Waals surface area (Å²) in [5.41, 5.74) is 5.54. The van der Waals surface area contributed by atoms with Crippen molar-refractivity contribution >= 4 is 47.0 Å². The number of thiol groups is 1. The molecule has 0 aromatic carbocycles. The van der Waals surface area contributed by atoms with Gasteiger partial charge in [0.15, 0.2) is 0 Å². The lowest BCUT2D eigenvalue weighted by Gasteiger charge is -2.13. The molecule has 74 valence electrons. The summed E-state index contributed by atoms with van der Waals surface area (Å²) >= 11 is 8.66. The van der Waals surface area contributed by atoms with Gasteiger partial charge in [-0.25, -0.2) is 0 Å². The van der Waals surface area contributed by atoms with Crippen LogP contribution >= 0.6 is 47.0 Å². The molecule has 12 heavy (non-hydrogen) atoms. The Morgan fingerprint density at radius 3 is 2.67 bits per heavy atom. The largest absolute Gasteiger partial charge is 0.330 e. The molecule has 4 heteroatoms. The molecule has 2 N–H and O–H groups in total. The third-order valence-corrected chi connectivity index (χ3v) is 4.26. The van der Waals surface area contributed by atoms with Crippen LogP contribution in [0.3, 0.4) is 0 Å². The van der Waals surface area contributed by atoms with Crippen LogP contribution in [0.1, 0.15) is 19.3 Å². The molecule has 0 spiro atoms. The first-order valence-corrected chi connectivity index (χ1v) is 7.54. The van der Waals surface area contributed by atoms with Gasteiger partial charge in [0.05, 0.1) is 0 Å². The highest BCUT2D eigenvalue weighted by Crippen LogP contribution is 2.19. The Morgan fingerprint density at radius 2 is 2.17 bits per heavy atom. The highest BCUT2D eigenvalue weighted by atomic mass is 127. The van der Waals surface area contributed by atoms with E-state index in [1.54, 1.807) is 0 Å². The average molecular weight is 319 g/mol. The fraction of sp³-hybridized carbons (Fsp3) is 1.00. The van der Waals surface area contributed by atoms with Gasteiger partial charge in [0.1, 0.15) is 0 Å². The van der Waals surface area contributed by atoms with Crippen LogP contribution in [0.15, 0.2) is 0 Å². The molecule has 0 bridgehead atoms. The average Bonchev–Trinajstić information content (AvgIpc) is 2.10. The predicted octanol–water partition coefficient (Wildman–Crippen LogP) is 2.58. The van der Waals surface area contributed by atoms with Crippen molar-refractivity contribution in [2.75, 3.05) is 22.5 Å². The first-order valence-electron chi connectivity index (χ1n) is 4.33. The van der Waals surface area contributed by atoms with Crippen LogP contribution in [0.4, 0.5) is 0 Å². The van der Waals surface area contributed by atoms with Gasteiger partial charge < -0.3 is 5.73 Å². The van der Waals surface area contributed by atoms with Crippen molar-refractivity contribution in [2.24, 2.45) is 5.73 Å². The zero-order chi connectivity index (χ0) is 9.23. The normalized spacial score (nSPS) is 13.2. The molecule has 0 amide bonds. The van der Waals surface area contributed by atoms with Gasteiger partial charge in [-0.1, -0.05) is 22.6 Å². The van der Waals surface area contributed by atoms with Crippen LogP contribution in [0.2, 0.25) is 0 Å². The van der Waals surface area contributed by atoms with E-state index < -0.39 is 0 Å². The molecule has 1 atom stereocenters. The van der Waals surface area contributed by atoms with Crippen LogP contribution in [0, 0.1) is 0 Å².